The molecule has 0 aromatic heterocycles. The van der Waals surface area contributed by atoms with Crippen LogP contribution in [0.3, 0.4) is 0 Å². The number of nitrogens with zero attached hydrogens (tertiary/aromatic N) is 2. The fourth-order valence-electron chi connectivity index (χ4n) is 3.55. The van der Waals surface area contributed by atoms with Crippen LogP contribution in [0.15, 0.2) is 53.4 Å². The molecule has 0 saturated carbocycles. The molecule has 1 atom stereocenters. The standard InChI is InChI=1S/C21H25FN2O3S/c1-3-23(19-11-9-18(22)10-12-19)21(25)17-7-13-20(14-8-17)28(26,27)24-15-5-4-6-16(24)2/h7-14,16H,3-6,15H2,1-2H3. The second kappa shape index (κ2) is 8.41. The average molecular weight is 405 g/mol. The van der Waals surface area contributed by atoms with Gasteiger partial charge < -0.3 is 4.90 Å². The summed E-state index contributed by atoms with van der Waals surface area (Å²) in [7, 11) is -3.57. The first-order valence-electron chi connectivity index (χ1n) is 9.54. The predicted molar refractivity (Wildman–Crippen MR) is 107 cm³/mol. The van der Waals surface area contributed by atoms with Crippen LogP contribution in [0.5, 0.6) is 0 Å². The molecular formula is C21H25FN2O3S. The number of carbonyl (C=O) groups is 1. The van der Waals surface area contributed by atoms with Crippen molar-refractivity contribution in [3.63, 3.8) is 0 Å². The Balaban J connectivity index is 1.83. The molecule has 1 aliphatic rings. The molecule has 2 aromatic carbocycles. The summed E-state index contributed by atoms with van der Waals surface area (Å²) in [5.41, 5.74) is 0.976. The molecule has 1 heterocycles. The number of benzene rings is 2. The molecule has 3 rings (SSSR count). The minimum atomic E-state index is -3.57. The van der Waals surface area contributed by atoms with Crippen molar-refractivity contribution in [3.05, 3.63) is 59.9 Å². The van der Waals surface area contributed by atoms with Crippen LogP contribution in [-0.2, 0) is 10.0 Å². The van der Waals surface area contributed by atoms with Gasteiger partial charge in [-0.25, -0.2) is 12.8 Å². The summed E-state index contributed by atoms with van der Waals surface area (Å²) in [6.45, 7) is 4.70. The third-order valence-corrected chi connectivity index (χ3v) is 7.18. The first-order chi connectivity index (χ1) is 13.3. The quantitative estimate of drug-likeness (QED) is 0.755. The van der Waals surface area contributed by atoms with Gasteiger partial charge in [0.15, 0.2) is 0 Å². The molecule has 1 aliphatic heterocycles. The number of sulfonamides is 1. The Labute approximate surface area is 165 Å². The van der Waals surface area contributed by atoms with E-state index in [0.717, 1.165) is 19.3 Å². The molecule has 0 spiro atoms. The third-order valence-electron chi connectivity index (χ3n) is 5.15. The van der Waals surface area contributed by atoms with Gasteiger partial charge in [-0.2, -0.15) is 4.31 Å². The van der Waals surface area contributed by atoms with Gasteiger partial charge in [-0.05, 0) is 75.2 Å². The van der Waals surface area contributed by atoms with Gasteiger partial charge in [0.05, 0.1) is 4.90 Å². The summed E-state index contributed by atoms with van der Waals surface area (Å²) in [6.07, 6.45) is 2.76. The fourth-order valence-corrected chi connectivity index (χ4v) is 5.25. The van der Waals surface area contributed by atoms with E-state index in [0.29, 0.717) is 24.3 Å². The largest absolute Gasteiger partial charge is 0.309 e. The van der Waals surface area contributed by atoms with Crippen LogP contribution in [0.2, 0.25) is 0 Å². The van der Waals surface area contributed by atoms with Crippen LogP contribution in [0.1, 0.15) is 43.5 Å². The second-order valence-electron chi connectivity index (χ2n) is 7.01. The Kier molecular flexibility index (Phi) is 6.15. The Morgan fingerprint density at radius 3 is 2.32 bits per heavy atom. The van der Waals surface area contributed by atoms with Crippen LogP contribution < -0.4 is 4.90 Å². The Bertz CT molecular complexity index is 927. The topological polar surface area (TPSA) is 57.7 Å². The fraction of sp³-hybridized carbons (Fsp3) is 0.381. The van der Waals surface area contributed by atoms with Crippen molar-refractivity contribution in [2.24, 2.45) is 0 Å². The molecule has 7 heteroatoms. The lowest BCUT2D eigenvalue weighted by atomic mass is 10.1. The molecule has 5 nitrogen and oxygen atoms in total. The maximum Gasteiger partial charge on any atom is 0.258 e. The highest BCUT2D eigenvalue weighted by Crippen LogP contribution is 2.26. The number of hydrogen-bond acceptors (Lipinski definition) is 3. The smallest absolute Gasteiger partial charge is 0.258 e. The van der Waals surface area contributed by atoms with Crippen LogP contribution in [-0.4, -0.2) is 37.8 Å². The molecular weight excluding hydrogens is 379 g/mol. The first-order valence-corrected chi connectivity index (χ1v) is 11.0. The van der Waals surface area contributed by atoms with E-state index < -0.39 is 10.0 Å². The van der Waals surface area contributed by atoms with Gasteiger partial charge in [0.2, 0.25) is 10.0 Å². The Morgan fingerprint density at radius 1 is 1.11 bits per heavy atom. The maximum atomic E-state index is 13.2. The third kappa shape index (κ3) is 4.10. The number of piperidine rings is 1. The SMILES string of the molecule is CCN(C(=O)c1ccc(S(=O)(=O)N2CCCCC2C)cc1)c1ccc(F)cc1. The number of rotatable bonds is 5. The van der Waals surface area contributed by atoms with Crippen LogP contribution >= 0.6 is 0 Å². The van der Waals surface area contributed by atoms with Crippen LogP contribution in [0.25, 0.3) is 0 Å². The van der Waals surface area contributed by atoms with E-state index >= 15 is 0 Å². The van der Waals surface area contributed by atoms with E-state index in [9.17, 15) is 17.6 Å². The molecule has 1 fully saturated rings. The van der Waals surface area contributed by atoms with Gasteiger partial charge in [0.25, 0.3) is 5.91 Å². The molecule has 2 aromatic rings. The number of carbonyl (C=O) groups excluding carboxylic acids is 1. The predicted octanol–water partition coefficient (Wildman–Crippen LogP) is 4.06. The maximum absolute atomic E-state index is 13.2. The van der Waals surface area contributed by atoms with Crippen molar-refractivity contribution in [1.82, 2.24) is 4.31 Å². The van der Waals surface area contributed by atoms with Crippen molar-refractivity contribution >= 4 is 21.6 Å². The van der Waals surface area contributed by atoms with Crippen LogP contribution in [0, 0.1) is 5.82 Å². The van der Waals surface area contributed by atoms with Gasteiger partial charge >= 0.3 is 0 Å². The van der Waals surface area contributed by atoms with Gasteiger partial charge in [0.1, 0.15) is 5.82 Å². The Hall–Kier alpha value is -2.25. The van der Waals surface area contributed by atoms with Crippen molar-refractivity contribution in [2.75, 3.05) is 18.0 Å². The van der Waals surface area contributed by atoms with Crippen molar-refractivity contribution in [3.8, 4) is 0 Å². The van der Waals surface area contributed by atoms with E-state index in [4.69, 9.17) is 0 Å². The number of hydrogen-bond donors (Lipinski definition) is 0. The van der Waals surface area contributed by atoms with Gasteiger partial charge in [0, 0.05) is 30.4 Å². The van der Waals surface area contributed by atoms with Crippen LogP contribution in [0.4, 0.5) is 10.1 Å². The molecule has 0 aliphatic carbocycles. The number of anilines is 1. The molecule has 0 N–H and O–H groups in total. The van der Waals surface area contributed by atoms with Gasteiger partial charge in [-0.3, -0.25) is 4.79 Å². The van der Waals surface area contributed by atoms with Crippen molar-refractivity contribution in [1.29, 1.82) is 0 Å². The summed E-state index contributed by atoms with van der Waals surface area (Å²) >= 11 is 0. The summed E-state index contributed by atoms with van der Waals surface area (Å²) < 4.78 is 40.5. The van der Waals surface area contributed by atoms with E-state index in [1.807, 2.05) is 13.8 Å². The minimum Gasteiger partial charge on any atom is -0.309 e. The van der Waals surface area contributed by atoms with Gasteiger partial charge in [-0.1, -0.05) is 6.42 Å². The molecule has 28 heavy (non-hydrogen) atoms. The van der Waals surface area contributed by atoms with E-state index in [-0.39, 0.29) is 22.7 Å². The summed E-state index contributed by atoms with van der Waals surface area (Å²) in [5.74, 6) is -0.627. The lowest BCUT2D eigenvalue weighted by molar-refractivity contribution is 0.0988. The zero-order valence-electron chi connectivity index (χ0n) is 16.1. The highest BCUT2D eigenvalue weighted by atomic mass is 32.2. The summed E-state index contributed by atoms with van der Waals surface area (Å²) in [6, 6.07) is 11.7. The second-order valence-corrected chi connectivity index (χ2v) is 8.90. The molecule has 0 bridgehead atoms. The van der Waals surface area contributed by atoms with Crippen molar-refractivity contribution < 1.29 is 17.6 Å². The lowest BCUT2D eigenvalue weighted by Crippen LogP contribution is -2.41. The van der Waals surface area contributed by atoms with Gasteiger partial charge in [-0.15, -0.1) is 0 Å². The monoisotopic (exact) mass is 404 g/mol. The number of halogens is 1. The van der Waals surface area contributed by atoms with E-state index in [2.05, 4.69) is 0 Å². The van der Waals surface area contributed by atoms with Crippen molar-refractivity contribution in [2.45, 2.75) is 44.0 Å². The lowest BCUT2D eigenvalue weighted by Gasteiger charge is -2.32. The van der Waals surface area contributed by atoms with E-state index in [1.165, 1.54) is 41.3 Å². The highest BCUT2D eigenvalue weighted by molar-refractivity contribution is 7.89. The molecule has 0 radical (unpaired) electrons. The zero-order valence-corrected chi connectivity index (χ0v) is 17.0. The molecule has 1 amide bonds. The average Bonchev–Trinajstić information content (AvgIpc) is 2.70. The molecule has 150 valence electrons. The van der Waals surface area contributed by atoms with E-state index in [1.54, 1.807) is 16.4 Å². The molecule has 1 saturated heterocycles. The number of amides is 1. The Morgan fingerprint density at radius 2 is 1.75 bits per heavy atom. The normalized spacial score (nSPS) is 18.0. The highest BCUT2D eigenvalue weighted by Gasteiger charge is 2.31. The summed E-state index contributed by atoms with van der Waals surface area (Å²) in [4.78, 5) is 14.6. The first kappa shape index (κ1) is 20.5. The summed E-state index contributed by atoms with van der Waals surface area (Å²) in [5, 5.41) is 0. The minimum absolute atomic E-state index is 0.0193. The molecule has 1 unspecified atom stereocenters. The zero-order chi connectivity index (χ0) is 20.3.